The van der Waals surface area contributed by atoms with Crippen LogP contribution in [0.4, 0.5) is 0 Å². The number of carbonyl (C=O) groups is 1. The van der Waals surface area contributed by atoms with E-state index in [1.54, 1.807) is 0 Å². The second kappa shape index (κ2) is 11.1. The number of carbonyl (C=O) groups excluding carboxylic acids is 1. The van der Waals surface area contributed by atoms with Crippen LogP contribution in [0.5, 0.6) is 0 Å². The largest absolute Gasteiger partial charge is 0.345 e. The minimum Gasteiger partial charge on any atom is -0.345 e. The van der Waals surface area contributed by atoms with Crippen LogP contribution in [0.15, 0.2) is 0 Å². The molecule has 1 aliphatic rings. The molecule has 0 aromatic rings. The number of unbranched alkanes of at least 4 members (excludes halogenated alkanes) is 2. The third-order valence-electron chi connectivity index (χ3n) is 5.63. The van der Waals surface area contributed by atoms with Crippen molar-refractivity contribution in [1.82, 2.24) is 9.80 Å². The van der Waals surface area contributed by atoms with Gasteiger partial charge in [-0.2, -0.15) is 0 Å². The third kappa shape index (κ3) is 8.00. The molecule has 0 aromatic heterocycles. The molecule has 3 nitrogen and oxygen atoms in total. The first kappa shape index (κ1) is 21.5. The average Bonchev–Trinajstić information content (AvgIpc) is 2.53. The molecule has 0 spiro atoms. The highest BCUT2D eigenvalue weighted by molar-refractivity contribution is 5.77. The Kier molecular flexibility index (Phi) is 9.95. The summed E-state index contributed by atoms with van der Waals surface area (Å²) in [5.41, 5.74) is 0. The first-order valence-electron chi connectivity index (χ1n) is 10.3. The summed E-state index contributed by atoms with van der Waals surface area (Å²) in [6.07, 6.45) is 10.6. The molecule has 1 aliphatic carbocycles. The molecule has 1 amide bonds. The molecule has 0 N–H and O–H groups in total. The van der Waals surface area contributed by atoms with Crippen molar-refractivity contribution in [3.63, 3.8) is 0 Å². The van der Waals surface area contributed by atoms with E-state index in [9.17, 15) is 4.79 Å². The highest BCUT2D eigenvalue weighted by Gasteiger charge is 2.25. The van der Waals surface area contributed by atoms with Crippen LogP contribution in [0.1, 0.15) is 79.1 Å². The number of amides is 1. The van der Waals surface area contributed by atoms with E-state index in [2.05, 4.69) is 25.8 Å². The van der Waals surface area contributed by atoms with Gasteiger partial charge in [0, 0.05) is 25.6 Å². The monoisotopic (exact) mass is 338 g/mol. The van der Waals surface area contributed by atoms with Crippen molar-refractivity contribution in [2.24, 2.45) is 17.8 Å². The molecule has 0 bridgehead atoms. The standard InChI is InChI=1S/C21H42N2O/c1-17(2)10-8-7-9-15-22(5)20-13-11-19(12-14-20)16-23(6)21(24)18(3)4/h17-20H,7-16H2,1-6H3. The molecule has 0 aromatic carbocycles. The van der Waals surface area contributed by atoms with E-state index in [1.807, 2.05) is 25.8 Å². The maximum Gasteiger partial charge on any atom is 0.224 e. The smallest absolute Gasteiger partial charge is 0.224 e. The zero-order valence-electron chi connectivity index (χ0n) is 17.2. The second-order valence-electron chi connectivity index (χ2n) is 8.77. The van der Waals surface area contributed by atoms with E-state index in [0.29, 0.717) is 5.92 Å². The van der Waals surface area contributed by atoms with Gasteiger partial charge >= 0.3 is 0 Å². The van der Waals surface area contributed by atoms with Crippen molar-refractivity contribution in [2.75, 3.05) is 27.2 Å². The molecule has 0 unspecified atom stereocenters. The van der Waals surface area contributed by atoms with E-state index >= 15 is 0 Å². The van der Waals surface area contributed by atoms with Crippen LogP contribution in [-0.4, -0.2) is 48.9 Å². The van der Waals surface area contributed by atoms with Gasteiger partial charge < -0.3 is 9.80 Å². The van der Waals surface area contributed by atoms with Crippen molar-refractivity contribution in [3.8, 4) is 0 Å². The van der Waals surface area contributed by atoms with Crippen molar-refractivity contribution in [2.45, 2.75) is 85.1 Å². The van der Waals surface area contributed by atoms with Gasteiger partial charge in [-0.15, -0.1) is 0 Å². The zero-order valence-corrected chi connectivity index (χ0v) is 17.2. The lowest BCUT2D eigenvalue weighted by atomic mass is 9.85. The number of nitrogens with zero attached hydrogens (tertiary/aromatic N) is 2. The van der Waals surface area contributed by atoms with E-state index < -0.39 is 0 Å². The third-order valence-corrected chi connectivity index (χ3v) is 5.63. The summed E-state index contributed by atoms with van der Waals surface area (Å²) in [5.74, 6) is 1.95. The minimum atomic E-state index is 0.119. The van der Waals surface area contributed by atoms with E-state index in [1.165, 1.54) is 57.9 Å². The van der Waals surface area contributed by atoms with Crippen LogP contribution in [0.3, 0.4) is 0 Å². The fraction of sp³-hybridized carbons (Fsp3) is 0.952. The zero-order chi connectivity index (χ0) is 18.1. The van der Waals surface area contributed by atoms with Crippen LogP contribution in [0.25, 0.3) is 0 Å². The van der Waals surface area contributed by atoms with E-state index in [0.717, 1.165) is 18.5 Å². The molecular formula is C21H42N2O. The fourth-order valence-corrected chi connectivity index (χ4v) is 3.96. The van der Waals surface area contributed by atoms with Gasteiger partial charge in [0.2, 0.25) is 5.91 Å². The van der Waals surface area contributed by atoms with E-state index in [-0.39, 0.29) is 11.8 Å². The Labute approximate surface area is 151 Å². The molecular weight excluding hydrogens is 296 g/mol. The summed E-state index contributed by atoms with van der Waals surface area (Å²) < 4.78 is 0. The number of hydrogen-bond donors (Lipinski definition) is 0. The van der Waals surface area contributed by atoms with Crippen LogP contribution in [0.2, 0.25) is 0 Å². The summed E-state index contributed by atoms with van der Waals surface area (Å²) in [6, 6.07) is 0.762. The molecule has 142 valence electrons. The molecule has 24 heavy (non-hydrogen) atoms. The van der Waals surface area contributed by atoms with Crippen LogP contribution >= 0.6 is 0 Å². The highest BCUT2D eigenvalue weighted by Crippen LogP contribution is 2.28. The Morgan fingerprint density at radius 1 is 0.958 bits per heavy atom. The number of hydrogen-bond acceptors (Lipinski definition) is 2. The molecule has 0 saturated heterocycles. The summed E-state index contributed by atoms with van der Waals surface area (Å²) in [4.78, 5) is 16.6. The molecule has 1 rings (SSSR count). The molecule has 3 heteroatoms. The van der Waals surface area contributed by atoms with Gasteiger partial charge in [-0.3, -0.25) is 4.79 Å². The minimum absolute atomic E-state index is 0.119. The predicted molar refractivity (Wildman–Crippen MR) is 104 cm³/mol. The SMILES string of the molecule is CC(C)CCCCCN(C)C1CCC(CN(C)C(=O)C(C)C)CC1. The molecule has 0 heterocycles. The summed E-state index contributed by atoms with van der Waals surface area (Å²) in [5, 5.41) is 0. The topological polar surface area (TPSA) is 23.6 Å². The first-order valence-corrected chi connectivity index (χ1v) is 10.3. The normalized spacial score (nSPS) is 21.7. The first-order chi connectivity index (χ1) is 11.3. The quantitative estimate of drug-likeness (QED) is 0.534. The predicted octanol–water partition coefficient (Wildman–Crippen LogP) is 4.81. The number of rotatable bonds is 10. The lowest BCUT2D eigenvalue weighted by molar-refractivity contribution is -0.133. The van der Waals surface area contributed by atoms with Gasteiger partial charge in [0.05, 0.1) is 0 Å². The van der Waals surface area contributed by atoms with Crippen molar-refractivity contribution < 1.29 is 4.79 Å². The van der Waals surface area contributed by atoms with Crippen molar-refractivity contribution in [1.29, 1.82) is 0 Å². The van der Waals surface area contributed by atoms with Crippen LogP contribution < -0.4 is 0 Å². The van der Waals surface area contributed by atoms with Crippen LogP contribution in [-0.2, 0) is 4.79 Å². The second-order valence-corrected chi connectivity index (χ2v) is 8.77. The average molecular weight is 339 g/mol. The fourth-order valence-electron chi connectivity index (χ4n) is 3.96. The maximum absolute atomic E-state index is 12.0. The highest BCUT2D eigenvalue weighted by atomic mass is 16.2. The summed E-state index contributed by atoms with van der Waals surface area (Å²) in [7, 11) is 4.28. The van der Waals surface area contributed by atoms with Crippen LogP contribution in [0, 0.1) is 17.8 Å². The van der Waals surface area contributed by atoms with Gasteiger partial charge in [-0.1, -0.05) is 47.0 Å². The van der Waals surface area contributed by atoms with Crippen molar-refractivity contribution in [3.05, 3.63) is 0 Å². The van der Waals surface area contributed by atoms with Gasteiger partial charge in [-0.25, -0.2) is 0 Å². The van der Waals surface area contributed by atoms with Gasteiger partial charge in [0.25, 0.3) is 0 Å². The Morgan fingerprint density at radius 2 is 1.58 bits per heavy atom. The Balaban J connectivity index is 2.19. The maximum atomic E-state index is 12.0. The van der Waals surface area contributed by atoms with Gasteiger partial charge in [-0.05, 0) is 57.5 Å². The molecule has 1 saturated carbocycles. The van der Waals surface area contributed by atoms with Crippen molar-refractivity contribution >= 4 is 5.91 Å². The van der Waals surface area contributed by atoms with Gasteiger partial charge in [0.15, 0.2) is 0 Å². The summed E-state index contributed by atoms with van der Waals surface area (Å²) in [6.45, 7) is 10.8. The molecule has 0 radical (unpaired) electrons. The molecule has 1 fully saturated rings. The summed E-state index contributed by atoms with van der Waals surface area (Å²) >= 11 is 0. The molecule has 0 aliphatic heterocycles. The Morgan fingerprint density at radius 3 is 2.12 bits per heavy atom. The Bertz CT molecular complexity index is 346. The van der Waals surface area contributed by atoms with E-state index in [4.69, 9.17) is 0 Å². The Hall–Kier alpha value is -0.570. The molecule has 0 atom stereocenters. The lowest BCUT2D eigenvalue weighted by Gasteiger charge is -2.36. The van der Waals surface area contributed by atoms with Gasteiger partial charge in [0.1, 0.15) is 0 Å². The lowest BCUT2D eigenvalue weighted by Crippen LogP contribution is -2.39.